The number of nitrogens with zero attached hydrogens (tertiary/aromatic N) is 2. The molecule has 144 valence electrons. The molecule has 2 rings (SSSR count). The molecule has 0 aliphatic heterocycles. The van der Waals surface area contributed by atoms with Crippen LogP contribution in [0, 0.1) is 10.1 Å². The van der Waals surface area contributed by atoms with Crippen LogP contribution < -0.4 is 9.62 Å². The third kappa shape index (κ3) is 5.20. The second-order valence-corrected chi connectivity index (χ2v) is 8.47. The van der Waals surface area contributed by atoms with Crippen molar-refractivity contribution in [2.24, 2.45) is 0 Å². The summed E-state index contributed by atoms with van der Waals surface area (Å²) >= 11 is 1.51. The molecule has 1 amide bonds. The van der Waals surface area contributed by atoms with E-state index in [1.807, 2.05) is 12.3 Å². The Balaban J connectivity index is 2.34. The largest absolute Gasteiger partial charge is 0.324 e. The summed E-state index contributed by atoms with van der Waals surface area (Å²) < 4.78 is 25.4. The lowest BCUT2D eigenvalue weighted by Gasteiger charge is -2.28. The first-order valence-corrected chi connectivity index (χ1v) is 10.9. The Kier molecular flexibility index (Phi) is 6.45. The number of non-ortho nitro benzene ring substituents is 1. The average molecular weight is 409 g/mol. The second-order valence-electron chi connectivity index (χ2n) is 5.73. The van der Waals surface area contributed by atoms with Gasteiger partial charge in [-0.2, -0.15) is 0 Å². The van der Waals surface area contributed by atoms with Crippen molar-refractivity contribution in [2.45, 2.75) is 17.9 Å². The Morgan fingerprint density at radius 1 is 1.22 bits per heavy atom. The molecule has 0 aliphatic rings. The molecule has 0 saturated carbocycles. The first-order chi connectivity index (χ1) is 12.6. The van der Waals surface area contributed by atoms with Crippen LogP contribution in [0.25, 0.3) is 0 Å². The molecule has 8 nitrogen and oxygen atoms in total. The molecule has 0 heterocycles. The number of nitrogens with one attached hydrogen (secondary N) is 1. The van der Waals surface area contributed by atoms with Gasteiger partial charge in [-0.05, 0) is 37.4 Å². The normalized spacial score (nSPS) is 12.3. The topological polar surface area (TPSA) is 110 Å². The molecule has 0 aliphatic carbocycles. The van der Waals surface area contributed by atoms with Crippen molar-refractivity contribution in [1.82, 2.24) is 0 Å². The van der Waals surface area contributed by atoms with Crippen LogP contribution in [-0.4, -0.2) is 37.8 Å². The zero-order valence-corrected chi connectivity index (χ0v) is 16.6. The fraction of sp³-hybridized carbons (Fsp3) is 0.235. The first-order valence-electron chi connectivity index (χ1n) is 7.82. The van der Waals surface area contributed by atoms with Crippen LogP contribution in [0.5, 0.6) is 0 Å². The molecule has 0 aromatic heterocycles. The predicted molar refractivity (Wildman–Crippen MR) is 107 cm³/mol. The number of carbonyl (C=O) groups excluding carboxylic acids is 1. The van der Waals surface area contributed by atoms with E-state index < -0.39 is 26.9 Å². The van der Waals surface area contributed by atoms with Crippen LogP contribution >= 0.6 is 11.8 Å². The molecule has 2 aromatic carbocycles. The summed E-state index contributed by atoms with van der Waals surface area (Å²) in [7, 11) is -3.86. The van der Waals surface area contributed by atoms with Crippen molar-refractivity contribution in [3.63, 3.8) is 0 Å². The number of sulfonamides is 1. The van der Waals surface area contributed by atoms with Gasteiger partial charge in [0.2, 0.25) is 15.9 Å². The Bertz CT molecular complexity index is 963. The zero-order chi connectivity index (χ0) is 20.2. The van der Waals surface area contributed by atoms with Crippen LogP contribution in [0.4, 0.5) is 17.1 Å². The highest BCUT2D eigenvalue weighted by molar-refractivity contribution is 7.98. The molecule has 0 radical (unpaired) electrons. The summed E-state index contributed by atoms with van der Waals surface area (Å²) in [4.78, 5) is 23.9. The highest BCUT2D eigenvalue weighted by Crippen LogP contribution is 2.26. The smallest absolute Gasteiger partial charge is 0.271 e. The number of nitro benzene ring substituents is 1. The lowest BCUT2D eigenvalue weighted by atomic mass is 10.2. The number of thioether (sulfide) groups is 1. The summed E-state index contributed by atoms with van der Waals surface area (Å²) in [6.07, 6.45) is 2.85. The minimum absolute atomic E-state index is 0.0483. The van der Waals surface area contributed by atoms with E-state index in [2.05, 4.69) is 5.32 Å². The van der Waals surface area contributed by atoms with Gasteiger partial charge in [0.15, 0.2) is 0 Å². The lowest BCUT2D eigenvalue weighted by Crippen LogP contribution is -2.45. The number of rotatable bonds is 7. The van der Waals surface area contributed by atoms with E-state index in [9.17, 15) is 23.3 Å². The summed E-state index contributed by atoms with van der Waals surface area (Å²) in [5.74, 6) is -0.551. The van der Waals surface area contributed by atoms with Crippen molar-refractivity contribution >= 4 is 44.8 Å². The van der Waals surface area contributed by atoms with Crippen LogP contribution in [0.2, 0.25) is 0 Å². The Morgan fingerprint density at radius 2 is 1.89 bits per heavy atom. The van der Waals surface area contributed by atoms with Crippen LogP contribution in [0.3, 0.4) is 0 Å². The molecule has 27 heavy (non-hydrogen) atoms. The highest BCUT2D eigenvalue weighted by Gasteiger charge is 2.30. The van der Waals surface area contributed by atoms with E-state index in [-0.39, 0.29) is 11.4 Å². The standard InChI is InChI=1S/C17H19N3O5S2/c1-12(17(21)18-13-6-4-9-16(10-13)26-2)19(27(3,24)25)14-7-5-8-15(11-14)20(22)23/h4-12H,1-3H3,(H,18,21)/t12-/m1/s1. The maximum absolute atomic E-state index is 12.6. The first kappa shape index (κ1) is 20.7. The fourth-order valence-corrected chi connectivity index (χ4v) is 4.13. The lowest BCUT2D eigenvalue weighted by molar-refractivity contribution is -0.384. The molecular weight excluding hydrogens is 390 g/mol. The SMILES string of the molecule is CSc1cccc(NC(=O)[C@@H](C)N(c2cccc([N+](=O)[O-])c2)S(C)(=O)=O)c1. The van der Waals surface area contributed by atoms with Gasteiger partial charge in [0, 0.05) is 22.7 Å². The third-order valence-electron chi connectivity index (χ3n) is 3.72. The van der Waals surface area contributed by atoms with Crippen LogP contribution in [0.1, 0.15) is 6.92 Å². The van der Waals surface area contributed by atoms with Crippen molar-refractivity contribution < 1.29 is 18.1 Å². The van der Waals surface area contributed by atoms with Crippen LogP contribution in [0.15, 0.2) is 53.4 Å². The van der Waals surface area contributed by atoms with Crippen molar-refractivity contribution in [3.05, 3.63) is 58.6 Å². The van der Waals surface area contributed by atoms with Gasteiger partial charge >= 0.3 is 0 Å². The predicted octanol–water partition coefficient (Wildman–Crippen LogP) is 3.11. The number of benzene rings is 2. The molecule has 1 atom stereocenters. The number of hydrogen-bond acceptors (Lipinski definition) is 6. The summed E-state index contributed by atoms with van der Waals surface area (Å²) in [6.45, 7) is 1.42. The molecule has 0 saturated heterocycles. The van der Waals surface area contributed by atoms with Gasteiger partial charge in [-0.25, -0.2) is 8.42 Å². The summed E-state index contributed by atoms with van der Waals surface area (Å²) in [5, 5.41) is 13.7. The van der Waals surface area contributed by atoms with Gasteiger partial charge < -0.3 is 5.32 Å². The van der Waals surface area contributed by atoms with Crippen LogP contribution in [-0.2, 0) is 14.8 Å². The van der Waals surface area contributed by atoms with E-state index in [0.29, 0.717) is 5.69 Å². The van der Waals surface area contributed by atoms with Gasteiger partial charge in [-0.15, -0.1) is 11.8 Å². The van der Waals surface area contributed by atoms with Gasteiger partial charge in [-0.1, -0.05) is 12.1 Å². The van der Waals surface area contributed by atoms with Crippen molar-refractivity contribution in [3.8, 4) is 0 Å². The summed E-state index contributed by atoms with van der Waals surface area (Å²) in [5.41, 5.74) is 0.319. The molecule has 0 unspecified atom stereocenters. The van der Waals surface area contributed by atoms with E-state index in [1.54, 1.807) is 18.2 Å². The minimum atomic E-state index is -3.86. The number of amides is 1. The molecule has 1 N–H and O–H groups in total. The molecule has 0 spiro atoms. The number of hydrogen-bond donors (Lipinski definition) is 1. The van der Waals surface area contributed by atoms with Gasteiger partial charge in [0.1, 0.15) is 6.04 Å². The monoisotopic (exact) mass is 409 g/mol. The van der Waals surface area contributed by atoms with Gasteiger partial charge in [0.05, 0.1) is 16.9 Å². The Labute approximate surface area is 161 Å². The maximum Gasteiger partial charge on any atom is 0.271 e. The van der Waals surface area contributed by atoms with E-state index in [0.717, 1.165) is 21.5 Å². The maximum atomic E-state index is 12.6. The molecular formula is C17H19N3O5S2. The fourth-order valence-electron chi connectivity index (χ4n) is 2.50. The molecule has 10 heteroatoms. The minimum Gasteiger partial charge on any atom is -0.324 e. The van der Waals surface area contributed by atoms with Gasteiger partial charge in [-0.3, -0.25) is 19.2 Å². The second kappa shape index (κ2) is 8.40. The highest BCUT2D eigenvalue weighted by atomic mass is 32.2. The zero-order valence-electron chi connectivity index (χ0n) is 14.9. The van der Waals surface area contributed by atoms with E-state index in [1.165, 1.54) is 36.9 Å². The van der Waals surface area contributed by atoms with E-state index >= 15 is 0 Å². The molecule has 0 bridgehead atoms. The Morgan fingerprint density at radius 3 is 2.48 bits per heavy atom. The van der Waals surface area contributed by atoms with Gasteiger partial charge in [0.25, 0.3) is 5.69 Å². The quantitative estimate of drug-likeness (QED) is 0.427. The van der Waals surface area contributed by atoms with Crippen molar-refractivity contribution in [2.75, 3.05) is 22.1 Å². The molecule has 0 fully saturated rings. The van der Waals surface area contributed by atoms with E-state index in [4.69, 9.17) is 0 Å². The van der Waals surface area contributed by atoms with Crippen molar-refractivity contribution in [1.29, 1.82) is 0 Å². The number of carbonyl (C=O) groups is 1. The summed E-state index contributed by atoms with van der Waals surface area (Å²) in [6, 6.07) is 11.2. The number of nitro groups is 1. The third-order valence-corrected chi connectivity index (χ3v) is 5.69. The number of anilines is 2. The Hall–Kier alpha value is -2.59. The average Bonchev–Trinajstić information content (AvgIpc) is 2.61. The molecule has 2 aromatic rings.